The van der Waals surface area contributed by atoms with Crippen LogP contribution in [0.3, 0.4) is 0 Å². The second-order valence-electron chi connectivity index (χ2n) is 3.31. The van der Waals surface area contributed by atoms with Gasteiger partial charge in [-0.3, -0.25) is 0 Å². The Morgan fingerprint density at radius 3 is 2.33 bits per heavy atom. The second kappa shape index (κ2) is 4.82. The maximum absolute atomic E-state index is 5.86. The molecule has 0 spiro atoms. The van der Waals surface area contributed by atoms with Crippen molar-refractivity contribution in [2.45, 2.75) is 5.88 Å². The summed E-state index contributed by atoms with van der Waals surface area (Å²) in [6.07, 6.45) is 0. The minimum atomic E-state index is 0.529. The molecule has 2 heteroatoms. The number of benzene rings is 2. The highest BCUT2D eigenvalue weighted by atomic mass is 79.9. The molecule has 2 rings (SSSR count). The fourth-order valence-electron chi connectivity index (χ4n) is 1.49. The molecular weight excluding hydrogens is 271 g/mol. The van der Waals surface area contributed by atoms with Crippen LogP contribution in [0.5, 0.6) is 0 Å². The van der Waals surface area contributed by atoms with E-state index in [0.29, 0.717) is 5.88 Å². The Labute approximate surface area is 103 Å². The van der Waals surface area contributed by atoms with Gasteiger partial charge in [-0.05, 0) is 28.8 Å². The summed E-state index contributed by atoms with van der Waals surface area (Å²) in [6, 6.07) is 16.5. The van der Waals surface area contributed by atoms with E-state index in [9.17, 15) is 0 Å². The van der Waals surface area contributed by atoms with Crippen molar-refractivity contribution in [3.63, 3.8) is 0 Å². The predicted molar refractivity (Wildman–Crippen MR) is 69.1 cm³/mol. The van der Waals surface area contributed by atoms with Crippen LogP contribution in [0.1, 0.15) is 5.56 Å². The molecule has 0 fully saturated rings. The first kappa shape index (κ1) is 10.7. The number of halogens is 2. The lowest BCUT2D eigenvalue weighted by molar-refractivity contribution is 1.37. The molecule has 15 heavy (non-hydrogen) atoms. The molecule has 0 heterocycles. The van der Waals surface area contributed by atoms with E-state index in [-0.39, 0.29) is 0 Å². The van der Waals surface area contributed by atoms with Gasteiger partial charge < -0.3 is 0 Å². The minimum absolute atomic E-state index is 0.529. The van der Waals surface area contributed by atoms with E-state index >= 15 is 0 Å². The summed E-state index contributed by atoms with van der Waals surface area (Å²) < 4.78 is 1.07. The van der Waals surface area contributed by atoms with Gasteiger partial charge in [0.2, 0.25) is 0 Å². The molecule has 0 bridgehead atoms. The fraction of sp³-hybridized carbons (Fsp3) is 0.0769. The second-order valence-corrected chi connectivity index (χ2v) is 4.43. The van der Waals surface area contributed by atoms with Crippen LogP contribution in [0.15, 0.2) is 53.0 Å². The topological polar surface area (TPSA) is 0 Å². The van der Waals surface area contributed by atoms with Crippen LogP contribution < -0.4 is 0 Å². The lowest BCUT2D eigenvalue weighted by atomic mass is 10.0. The monoisotopic (exact) mass is 280 g/mol. The minimum Gasteiger partial charge on any atom is -0.122 e. The first-order valence-corrected chi connectivity index (χ1v) is 6.04. The maximum Gasteiger partial charge on any atom is 0.0485 e. The van der Waals surface area contributed by atoms with Gasteiger partial charge in [0, 0.05) is 10.4 Å². The highest BCUT2D eigenvalue weighted by molar-refractivity contribution is 9.10. The first-order chi connectivity index (χ1) is 7.31. The van der Waals surface area contributed by atoms with Crippen molar-refractivity contribution in [3.05, 3.63) is 58.6 Å². The average Bonchev–Trinajstić information content (AvgIpc) is 2.31. The summed E-state index contributed by atoms with van der Waals surface area (Å²) in [5.74, 6) is 0.529. The molecule has 76 valence electrons. The Morgan fingerprint density at radius 2 is 1.67 bits per heavy atom. The van der Waals surface area contributed by atoms with Crippen molar-refractivity contribution in [1.82, 2.24) is 0 Å². The zero-order valence-corrected chi connectivity index (χ0v) is 10.4. The first-order valence-electron chi connectivity index (χ1n) is 4.71. The summed E-state index contributed by atoms with van der Waals surface area (Å²) in [5, 5.41) is 0. The molecule has 0 nitrogen and oxygen atoms in total. The smallest absolute Gasteiger partial charge is 0.0485 e. The highest BCUT2D eigenvalue weighted by Crippen LogP contribution is 2.26. The Bertz CT molecular complexity index is 451. The van der Waals surface area contributed by atoms with E-state index in [1.807, 2.05) is 24.3 Å². The largest absolute Gasteiger partial charge is 0.122 e. The number of rotatable bonds is 2. The fourth-order valence-corrected chi connectivity index (χ4v) is 2.26. The summed E-state index contributed by atoms with van der Waals surface area (Å²) in [5.41, 5.74) is 3.55. The van der Waals surface area contributed by atoms with Gasteiger partial charge in [-0.25, -0.2) is 0 Å². The quantitative estimate of drug-likeness (QED) is 0.690. The standard InChI is InChI=1S/C13H10BrCl/c14-13-7-6-11(8-12(13)9-15)10-4-2-1-3-5-10/h1-8H,9H2. The van der Waals surface area contributed by atoms with E-state index in [1.165, 1.54) is 11.1 Å². The number of hydrogen-bond donors (Lipinski definition) is 0. The Morgan fingerprint density at radius 1 is 0.933 bits per heavy atom. The van der Waals surface area contributed by atoms with Gasteiger partial charge in [-0.1, -0.05) is 52.3 Å². The van der Waals surface area contributed by atoms with Crippen LogP contribution in [0, 0.1) is 0 Å². The molecule has 0 N–H and O–H groups in total. The molecule has 2 aromatic carbocycles. The van der Waals surface area contributed by atoms with Crippen molar-refractivity contribution >= 4 is 27.5 Å². The lowest BCUT2D eigenvalue weighted by Crippen LogP contribution is -1.83. The van der Waals surface area contributed by atoms with Gasteiger partial charge in [-0.15, -0.1) is 11.6 Å². The third-order valence-electron chi connectivity index (χ3n) is 2.30. The maximum atomic E-state index is 5.86. The SMILES string of the molecule is ClCc1cc(-c2ccccc2)ccc1Br. The van der Waals surface area contributed by atoms with Gasteiger partial charge in [0.25, 0.3) is 0 Å². The molecule has 0 saturated carbocycles. The molecule has 0 aliphatic heterocycles. The number of alkyl halides is 1. The zero-order chi connectivity index (χ0) is 10.7. The van der Waals surface area contributed by atoms with Gasteiger partial charge >= 0.3 is 0 Å². The summed E-state index contributed by atoms with van der Waals surface area (Å²) >= 11 is 9.34. The van der Waals surface area contributed by atoms with Gasteiger partial charge in [0.05, 0.1) is 0 Å². The van der Waals surface area contributed by atoms with Crippen molar-refractivity contribution in [2.24, 2.45) is 0 Å². The van der Waals surface area contributed by atoms with E-state index < -0.39 is 0 Å². The normalized spacial score (nSPS) is 10.3. The molecule has 0 unspecified atom stereocenters. The van der Waals surface area contributed by atoms with E-state index in [2.05, 4.69) is 40.2 Å². The van der Waals surface area contributed by atoms with Crippen molar-refractivity contribution in [2.75, 3.05) is 0 Å². The van der Waals surface area contributed by atoms with E-state index in [1.54, 1.807) is 0 Å². The van der Waals surface area contributed by atoms with E-state index in [0.717, 1.165) is 10.0 Å². The molecule has 0 aliphatic rings. The van der Waals surface area contributed by atoms with Crippen LogP contribution in [-0.2, 0) is 5.88 Å². The summed E-state index contributed by atoms with van der Waals surface area (Å²) in [4.78, 5) is 0. The van der Waals surface area contributed by atoms with Gasteiger partial charge in [0.15, 0.2) is 0 Å². The van der Waals surface area contributed by atoms with Crippen molar-refractivity contribution < 1.29 is 0 Å². The lowest BCUT2D eigenvalue weighted by Gasteiger charge is -2.05. The van der Waals surface area contributed by atoms with Crippen LogP contribution in [-0.4, -0.2) is 0 Å². The third-order valence-corrected chi connectivity index (χ3v) is 3.36. The van der Waals surface area contributed by atoms with Crippen molar-refractivity contribution in [1.29, 1.82) is 0 Å². The zero-order valence-electron chi connectivity index (χ0n) is 8.08. The molecule has 0 radical (unpaired) electrons. The average molecular weight is 282 g/mol. The van der Waals surface area contributed by atoms with Crippen LogP contribution >= 0.6 is 27.5 Å². The molecule has 0 saturated heterocycles. The Hall–Kier alpha value is -0.790. The molecule has 0 atom stereocenters. The summed E-state index contributed by atoms with van der Waals surface area (Å²) in [6.45, 7) is 0. The van der Waals surface area contributed by atoms with Crippen LogP contribution in [0.25, 0.3) is 11.1 Å². The molecule has 0 amide bonds. The van der Waals surface area contributed by atoms with Gasteiger partial charge in [-0.2, -0.15) is 0 Å². The Balaban J connectivity index is 2.46. The van der Waals surface area contributed by atoms with Crippen molar-refractivity contribution in [3.8, 4) is 11.1 Å². The molecule has 2 aromatic rings. The number of hydrogen-bond acceptors (Lipinski definition) is 0. The molecular formula is C13H10BrCl. The Kier molecular flexibility index (Phi) is 3.45. The van der Waals surface area contributed by atoms with E-state index in [4.69, 9.17) is 11.6 Å². The van der Waals surface area contributed by atoms with Gasteiger partial charge in [0.1, 0.15) is 0 Å². The van der Waals surface area contributed by atoms with Crippen LogP contribution in [0.4, 0.5) is 0 Å². The predicted octanol–water partition coefficient (Wildman–Crippen LogP) is 4.85. The third kappa shape index (κ3) is 2.42. The summed E-state index contributed by atoms with van der Waals surface area (Å²) in [7, 11) is 0. The van der Waals surface area contributed by atoms with Crippen LogP contribution in [0.2, 0.25) is 0 Å². The highest BCUT2D eigenvalue weighted by Gasteiger charge is 2.01. The molecule has 0 aromatic heterocycles. The molecule has 0 aliphatic carbocycles.